The third-order valence-corrected chi connectivity index (χ3v) is 4.28. The van der Waals surface area contributed by atoms with Gasteiger partial charge in [0.05, 0.1) is 5.69 Å². The van der Waals surface area contributed by atoms with Crippen LogP contribution in [0.4, 0.5) is 18.9 Å². The van der Waals surface area contributed by atoms with Crippen LogP contribution < -0.4 is 9.64 Å². The second-order valence-corrected chi connectivity index (χ2v) is 6.41. The van der Waals surface area contributed by atoms with Gasteiger partial charge >= 0.3 is 6.36 Å². The van der Waals surface area contributed by atoms with Crippen molar-refractivity contribution in [3.8, 4) is 11.4 Å². The Bertz CT molecular complexity index is 711. The van der Waals surface area contributed by atoms with E-state index in [-0.39, 0.29) is 11.4 Å². The Morgan fingerprint density at radius 1 is 1.17 bits per heavy atom. The lowest BCUT2D eigenvalue weighted by atomic mass is 10.2. The van der Waals surface area contributed by atoms with Gasteiger partial charge in [-0.1, -0.05) is 0 Å². The first-order valence-corrected chi connectivity index (χ1v) is 8.14. The fourth-order valence-corrected chi connectivity index (χ4v) is 2.93. The molecule has 1 aliphatic rings. The number of ether oxygens (including phenoxy) is 1. The largest absolute Gasteiger partial charge is 0.573 e. The van der Waals surface area contributed by atoms with E-state index in [4.69, 9.17) is 0 Å². The highest BCUT2D eigenvalue weighted by atomic mass is 79.9. The number of aromatic nitrogens is 2. The van der Waals surface area contributed by atoms with E-state index in [1.807, 2.05) is 7.05 Å². The molecule has 2 heterocycles. The molecule has 0 N–H and O–H groups in total. The molecule has 1 saturated heterocycles. The Balaban J connectivity index is 1.95. The third-order valence-electron chi connectivity index (χ3n) is 3.87. The summed E-state index contributed by atoms with van der Waals surface area (Å²) in [4.78, 5) is 8.21. The smallest absolute Gasteiger partial charge is 0.403 e. The fraction of sp³-hybridized carbons (Fsp3) is 0.400. The van der Waals surface area contributed by atoms with Crippen LogP contribution >= 0.6 is 15.9 Å². The summed E-state index contributed by atoms with van der Waals surface area (Å²) >= 11 is 3.19. The zero-order chi connectivity index (χ0) is 17.3. The molecule has 0 atom stereocenters. The van der Waals surface area contributed by atoms with Gasteiger partial charge in [-0.05, 0) is 35.1 Å². The molecule has 1 aliphatic heterocycles. The summed E-state index contributed by atoms with van der Waals surface area (Å²) < 4.78 is 44.6. The molecule has 0 saturated carbocycles. The van der Waals surface area contributed by atoms with E-state index >= 15 is 0 Å². The summed E-state index contributed by atoms with van der Waals surface area (Å²) in [6.45, 7) is 3.26. The van der Waals surface area contributed by atoms with Crippen LogP contribution in [-0.4, -0.2) is 54.0 Å². The number of rotatable bonds is 3. The van der Waals surface area contributed by atoms with E-state index in [1.165, 1.54) is 17.0 Å². The number of likely N-dealkylation sites (N-methyl/N-ethyl adjacent to an activating group) is 1. The summed E-state index contributed by atoms with van der Waals surface area (Å²) in [5.41, 5.74) is 0.994. The van der Waals surface area contributed by atoms with E-state index < -0.39 is 6.36 Å². The number of hydrogen-bond donors (Lipinski definition) is 0. The third kappa shape index (κ3) is 4.02. The lowest BCUT2D eigenvalue weighted by molar-refractivity contribution is -0.274. The van der Waals surface area contributed by atoms with Crippen molar-refractivity contribution in [3.05, 3.63) is 35.3 Å². The van der Waals surface area contributed by atoms with E-state index in [0.29, 0.717) is 10.3 Å². The number of nitrogens with zero attached hydrogens (tertiary/aromatic N) is 4. The number of halogens is 4. The van der Waals surface area contributed by atoms with Crippen molar-refractivity contribution in [1.29, 1.82) is 0 Å². The lowest BCUT2D eigenvalue weighted by Crippen LogP contribution is -2.44. The van der Waals surface area contributed by atoms with Gasteiger partial charge in [0, 0.05) is 44.1 Å². The van der Waals surface area contributed by atoms with Gasteiger partial charge in [-0.25, -0.2) is 4.98 Å². The highest BCUT2D eigenvalue weighted by Gasteiger charge is 2.33. The first kappa shape index (κ1) is 17.1. The van der Waals surface area contributed by atoms with Crippen LogP contribution in [0.2, 0.25) is 0 Å². The molecule has 0 bridgehead atoms. The van der Waals surface area contributed by atoms with Crippen LogP contribution in [0.15, 0.2) is 35.3 Å². The number of imidazole rings is 1. The standard InChI is InChI=1S/C15H16BrF3N4O/c1-21-4-6-22(7-5-21)11-2-3-12(23-9-14(16)20-10-23)13(8-11)24-15(17,18)19/h2-3,8-10H,4-7H2,1H3. The Labute approximate surface area is 145 Å². The van der Waals surface area contributed by atoms with Crippen molar-refractivity contribution >= 4 is 21.6 Å². The molecule has 1 aromatic heterocycles. The number of benzene rings is 1. The Hall–Kier alpha value is -1.74. The van der Waals surface area contributed by atoms with Crippen molar-refractivity contribution in [3.63, 3.8) is 0 Å². The molecule has 3 rings (SSSR count). The molecule has 0 spiro atoms. The lowest BCUT2D eigenvalue weighted by Gasteiger charge is -2.34. The van der Waals surface area contributed by atoms with E-state index in [2.05, 4.69) is 35.5 Å². The zero-order valence-electron chi connectivity index (χ0n) is 12.9. The second-order valence-electron chi connectivity index (χ2n) is 5.59. The average molecular weight is 405 g/mol. The van der Waals surface area contributed by atoms with Crippen LogP contribution in [0, 0.1) is 0 Å². The summed E-state index contributed by atoms with van der Waals surface area (Å²) in [5.74, 6) is -0.246. The molecule has 0 unspecified atom stereocenters. The topological polar surface area (TPSA) is 33.5 Å². The number of hydrogen-bond acceptors (Lipinski definition) is 4. The fourth-order valence-electron chi connectivity index (χ4n) is 2.61. The normalized spacial score (nSPS) is 16.5. The summed E-state index contributed by atoms with van der Waals surface area (Å²) in [6.07, 6.45) is -1.75. The van der Waals surface area contributed by atoms with Crippen molar-refractivity contribution in [2.75, 3.05) is 38.1 Å². The second kappa shape index (κ2) is 6.64. The number of piperazine rings is 1. The Kier molecular flexibility index (Phi) is 4.73. The molecule has 1 aromatic carbocycles. The minimum Gasteiger partial charge on any atom is -0.403 e. The maximum absolute atomic E-state index is 12.8. The zero-order valence-corrected chi connectivity index (χ0v) is 14.5. The van der Waals surface area contributed by atoms with E-state index in [0.717, 1.165) is 26.2 Å². The van der Waals surface area contributed by atoms with Crippen molar-refractivity contribution in [2.45, 2.75) is 6.36 Å². The molecule has 1 fully saturated rings. The summed E-state index contributed by atoms with van der Waals surface area (Å²) in [6, 6.07) is 4.85. The molecule has 0 amide bonds. The van der Waals surface area contributed by atoms with Gasteiger partial charge < -0.3 is 19.1 Å². The summed E-state index contributed by atoms with van der Waals surface area (Å²) in [7, 11) is 2.02. The van der Waals surface area contributed by atoms with Gasteiger partial charge in [0.25, 0.3) is 0 Å². The van der Waals surface area contributed by atoms with Crippen LogP contribution in [0.3, 0.4) is 0 Å². The highest BCUT2D eigenvalue weighted by Crippen LogP contribution is 2.33. The van der Waals surface area contributed by atoms with Crippen LogP contribution in [0.5, 0.6) is 5.75 Å². The molecule has 130 valence electrons. The number of anilines is 1. The minimum absolute atomic E-state index is 0.246. The first-order chi connectivity index (χ1) is 11.3. The molecular formula is C15H16BrF3N4O. The first-order valence-electron chi connectivity index (χ1n) is 7.35. The predicted octanol–water partition coefficient (Wildman–Crippen LogP) is 3.29. The van der Waals surface area contributed by atoms with Crippen molar-refractivity contribution in [2.24, 2.45) is 0 Å². The highest BCUT2D eigenvalue weighted by molar-refractivity contribution is 9.10. The van der Waals surface area contributed by atoms with Crippen LogP contribution in [0.25, 0.3) is 5.69 Å². The molecule has 0 aliphatic carbocycles. The van der Waals surface area contributed by atoms with Gasteiger partial charge in [0.2, 0.25) is 0 Å². The van der Waals surface area contributed by atoms with Gasteiger partial charge in [-0.15, -0.1) is 13.2 Å². The van der Waals surface area contributed by atoms with Crippen LogP contribution in [0.1, 0.15) is 0 Å². The quantitative estimate of drug-likeness (QED) is 0.785. The van der Waals surface area contributed by atoms with E-state index in [1.54, 1.807) is 18.3 Å². The van der Waals surface area contributed by atoms with Crippen molar-refractivity contribution in [1.82, 2.24) is 14.5 Å². The molecule has 2 aromatic rings. The molecule has 0 radical (unpaired) electrons. The maximum Gasteiger partial charge on any atom is 0.573 e. The van der Waals surface area contributed by atoms with Gasteiger partial charge in [-0.2, -0.15) is 0 Å². The molecule has 9 heteroatoms. The Morgan fingerprint density at radius 2 is 1.88 bits per heavy atom. The average Bonchev–Trinajstić information content (AvgIpc) is 2.92. The predicted molar refractivity (Wildman–Crippen MR) is 87.7 cm³/mol. The molecular weight excluding hydrogens is 389 g/mol. The van der Waals surface area contributed by atoms with E-state index in [9.17, 15) is 13.2 Å². The maximum atomic E-state index is 12.8. The van der Waals surface area contributed by atoms with Crippen molar-refractivity contribution < 1.29 is 17.9 Å². The SMILES string of the molecule is CN1CCN(c2ccc(-n3cnc(Br)c3)c(OC(F)(F)F)c2)CC1. The number of alkyl halides is 3. The van der Waals surface area contributed by atoms with Gasteiger partial charge in [0.15, 0.2) is 5.75 Å². The summed E-state index contributed by atoms with van der Waals surface area (Å²) in [5, 5.41) is 0. The molecule has 24 heavy (non-hydrogen) atoms. The Morgan fingerprint density at radius 3 is 2.46 bits per heavy atom. The van der Waals surface area contributed by atoms with Gasteiger partial charge in [-0.3, -0.25) is 0 Å². The van der Waals surface area contributed by atoms with Crippen LogP contribution in [-0.2, 0) is 0 Å². The van der Waals surface area contributed by atoms with Gasteiger partial charge in [0.1, 0.15) is 10.9 Å². The monoisotopic (exact) mass is 404 g/mol. The molecule has 5 nitrogen and oxygen atoms in total. The minimum atomic E-state index is -4.76.